The summed E-state index contributed by atoms with van der Waals surface area (Å²) in [6.45, 7) is 0. The fourth-order valence-corrected chi connectivity index (χ4v) is 3.77. The van der Waals surface area contributed by atoms with Crippen molar-refractivity contribution >= 4 is 45.2 Å². The molecule has 0 aliphatic heterocycles. The molecular formula is C23H16ClFN4OS. The van der Waals surface area contributed by atoms with Crippen LogP contribution < -0.4 is 10.7 Å². The first-order valence-electron chi connectivity index (χ1n) is 9.27. The maximum atomic E-state index is 13.2. The van der Waals surface area contributed by atoms with Crippen molar-refractivity contribution < 1.29 is 9.18 Å². The van der Waals surface area contributed by atoms with Crippen LogP contribution in [0.4, 0.5) is 14.5 Å². The summed E-state index contributed by atoms with van der Waals surface area (Å²) < 4.78 is 13.2. The number of halogens is 2. The van der Waals surface area contributed by atoms with Gasteiger partial charge in [-0.3, -0.25) is 10.2 Å². The lowest BCUT2D eigenvalue weighted by Crippen LogP contribution is -2.11. The molecule has 0 fully saturated rings. The maximum Gasteiger partial charge on any atom is 0.256 e. The molecule has 3 aromatic carbocycles. The lowest BCUT2D eigenvalue weighted by molar-refractivity contribution is 0.102. The largest absolute Gasteiger partial charge is 0.312 e. The third-order valence-corrected chi connectivity index (χ3v) is 5.50. The smallest absolute Gasteiger partial charge is 0.256 e. The minimum atomic E-state index is -0.401. The molecular weight excluding hydrogens is 435 g/mol. The van der Waals surface area contributed by atoms with E-state index in [9.17, 15) is 9.18 Å². The van der Waals surface area contributed by atoms with Gasteiger partial charge in [-0.15, -0.1) is 0 Å². The maximum absolute atomic E-state index is 13.2. The Bertz CT molecular complexity index is 1230. The number of benzene rings is 3. The average Bonchev–Trinajstić information content (AvgIpc) is 3.18. The van der Waals surface area contributed by atoms with E-state index in [4.69, 9.17) is 11.6 Å². The molecule has 2 N–H and O–H groups in total. The topological polar surface area (TPSA) is 66.4 Å². The Morgan fingerprint density at radius 1 is 1.00 bits per heavy atom. The van der Waals surface area contributed by atoms with Crippen molar-refractivity contribution in [2.24, 2.45) is 5.10 Å². The standard InChI is InChI=1S/C23H16ClFN4OS/c24-19-9-5-4-8-17(19)14-26-29-23-27-20(15-6-2-1-3-7-15)22(31-23)28-21(30)16-10-12-18(25)13-11-16/h1-14H,(H,27,29)(H,28,30)/b26-14-. The van der Waals surface area contributed by atoms with Crippen LogP contribution >= 0.6 is 22.9 Å². The molecule has 0 atom stereocenters. The van der Waals surface area contributed by atoms with Gasteiger partial charge in [0.1, 0.15) is 16.5 Å². The molecule has 154 valence electrons. The predicted octanol–water partition coefficient (Wildman–Crippen LogP) is 6.30. The second-order valence-corrected chi connectivity index (χ2v) is 7.82. The summed E-state index contributed by atoms with van der Waals surface area (Å²) in [6.07, 6.45) is 1.60. The summed E-state index contributed by atoms with van der Waals surface area (Å²) in [7, 11) is 0. The van der Waals surface area contributed by atoms with Gasteiger partial charge in [0.15, 0.2) is 0 Å². The highest BCUT2D eigenvalue weighted by atomic mass is 35.5. The zero-order valence-corrected chi connectivity index (χ0v) is 17.6. The molecule has 8 heteroatoms. The summed E-state index contributed by atoms with van der Waals surface area (Å²) in [5.41, 5.74) is 5.45. The Kier molecular flexibility index (Phi) is 6.35. The number of hydrogen-bond acceptors (Lipinski definition) is 5. The summed E-state index contributed by atoms with van der Waals surface area (Å²) in [5, 5.41) is 8.70. The van der Waals surface area contributed by atoms with Gasteiger partial charge in [-0.25, -0.2) is 9.37 Å². The van der Waals surface area contributed by atoms with Gasteiger partial charge in [-0.2, -0.15) is 5.10 Å². The third kappa shape index (κ3) is 5.14. The molecule has 1 aromatic heterocycles. The zero-order valence-electron chi connectivity index (χ0n) is 16.0. The number of nitrogens with one attached hydrogen (secondary N) is 2. The van der Waals surface area contributed by atoms with Crippen molar-refractivity contribution in [3.05, 3.63) is 101 Å². The van der Waals surface area contributed by atoms with Crippen molar-refractivity contribution in [1.82, 2.24) is 4.98 Å². The molecule has 4 aromatic rings. The molecule has 5 nitrogen and oxygen atoms in total. The van der Waals surface area contributed by atoms with Crippen LogP contribution in [0.5, 0.6) is 0 Å². The number of hydrogen-bond donors (Lipinski definition) is 2. The molecule has 0 radical (unpaired) electrons. The number of rotatable bonds is 6. The Hall–Kier alpha value is -3.55. The summed E-state index contributed by atoms with van der Waals surface area (Å²) >= 11 is 7.38. The summed E-state index contributed by atoms with van der Waals surface area (Å²) in [4.78, 5) is 17.2. The fourth-order valence-electron chi connectivity index (χ4n) is 2.76. The first-order chi connectivity index (χ1) is 15.1. The highest BCUT2D eigenvalue weighted by Gasteiger charge is 2.16. The monoisotopic (exact) mass is 450 g/mol. The van der Waals surface area contributed by atoms with Crippen LogP contribution in [0.25, 0.3) is 11.3 Å². The van der Waals surface area contributed by atoms with Crippen molar-refractivity contribution in [2.75, 3.05) is 10.7 Å². The van der Waals surface area contributed by atoms with E-state index < -0.39 is 5.82 Å². The van der Waals surface area contributed by atoms with E-state index in [1.54, 1.807) is 12.3 Å². The van der Waals surface area contributed by atoms with Gasteiger partial charge in [0.05, 0.1) is 6.21 Å². The molecule has 4 rings (SSSR count). The molecule has 0 unspecified atom stereocenters. The van der Waals surface area contributed by atoms with Crippen LogP contribution in [0.2, 0.25) is 5.02 Å². The molecule has 0 spiro atoms. The second kappa shape index (κ2) is 9.51. The molecule has 1 heterocycles. The quantitative estimate of drug-likeness (QED) is 0.267. The lowest BCUT2D eigenvalue weighted by atomic mass is 10.1. The molecule has 0 aliphatic rings. The Morgan fingerprint density at radius 2 is 1.71 bits per heavy atom. The number of thiazole rings is 1. The number of nitrogens with zero attached hydrogens (tertiary/aromatic N) is 2. The summed E-state index contributed by atoms with van der Waals surface area (Å²) in [5.74, 6) is -0.755. The number of aromatic nitrogens is 1. The van der Waals surface area contributed by atoms with E-state index in [2.05, 4.69) is 20.8 Å². The number of hydrazone groups is 1. The van der Waals surface area contributed by atoms with Crippen molar-refractivity contribution in [2.45, 2.75) is 0 Å². The zero-order chi connectivity index (χ0) is 21.6. The first kappa shape index (κ1) is 20.7. The second-order valence-electron chi connectivity index (χ2n) is 6.42. The highest BCUT2D eigenvalue weighted by molar-refractivity contribution is 7.20. The fraction of sp³-hybridized carbons (Fsp3) is 0. The minimum Gasteiger partial charge on any atom is -0.312 e. The first-order valence-corrected chi connectivity index (χ1v) is 10.5. The van der Waals surface area contributed by atoms with E-state index in [1.165, 1.54) is 35.6 Å². The van der Waals surface area contributed by atoms with Gasteiger partial charge in [-0.05, 0) is 30.3 Å². The van der Waals surface area contributed by atoms with E-state index in [0.29, 0.717) is 26.4 Å². The van der Waals surface area contributed by atoms with Crippen LogP contribution in [0.1, 0.15) is 15.9 Å². The predicted molar refractivity (Wildman–Crippen MR) is 125 cm³/mol. The van der Waals surface area contributed by atoms with Gasteiger partial charge >= 0.3 is 0 Å². The Balaban J connectivity index is 1.59. The van der Waals surface area contributed by atoms with Crippen LogP contribution in [0, 0.1) is 5.82 Å². The molecule has 31 heavy (non-hydrogen) atoms. The highest BCUT2D eigenvalue weighted by Crippen LogP contribution is 2.36. The van der Waals surface area contributed by atoms with Gasteiger partial charge in [-0.1, -0.05) is 71.5 Å². The molecule has 0 aliphatic carbocycles. The number of anilines is 2. The van der Waals surface area contributed by atoms with E-state index in [1.807, 2.05) is 48.5 Å². The van der Waals surface area contributed by atoms with Crippen LogP contribution in [-0.2, 0) is 0 Å². The van der Waals surface area contributed by atoms with Gasteiger partial charge in [0.2, 0.25) is 5.13 Å². The lowest BCUT2D eigenvalue weighted by Gasteiger charge is -2.05. The van der Waals surface area contributed by atoms with Crippen molar-refractivity contribution in [3.8, 4) is 11.3 Å². The SMILES string of the molecule is O=C(Nc1sc(N/N=C\c2ccccc2Cl)nc1-c1ccccc1)c1ccc(F)cc1. The molecule has 0 bridgehead atoms. The Labute approximate surface area is 187 Å². The average molecular weight is 451 g/mol. The van der Waals surface area contributed by atoms with Crippen LogP contribution in [-0.4, -0.2) is 17.1 Å². The molecule has 0 saturated heterocycles. The number of carbonyl (C=O) groups excluding carboxylic acids is 1. The minimum absolute atomic E-state index is 0.347. The van der Waals surface area contributed by atoms with Gasteiger partial charge in [0, 0.05) is 21.7 Å². The van der Waals surface area contributed by atoms with Crippen molar-refractivity contribution in [1.29, 1.82) is 0 Å². The summed E-state index contributed by atoms with van der Waals surface area (Å²) in [6, 6.07) is 22.2. The normalized spacial score (nSPS) is 10.9. The Morgan fingerprint density at radius 3 is 2.45 bits per heavy atom. The molecule has 1 amide bonds. The van der Waals surface area contributed by atoms with Crippen LogP contribution in [0.3, 0.4) is 0 Å². The van der Waals surface area contributed by atoms with E-state index in [0.717, 1.165) is 11.1 Å². The van der Waals surface area contributed by atoms with Crippen LogP contribution in [0.15, 0.2) is 84.0 Å². The third-order valence-electron chi connectivity index (χ3n) is 4.28. The number of amides is 1. The van der Waals surface area contributed by atoms with Gasteiger partial charge < -0.3 is 5.32 Å². The van der Waals surface area contributed by atoms with Gasteiger partial charge in [0.25, 0.3) is 5.91 Å². The molecule has 0 saturated carbocycles. The van der Waals surface area contributed by atoms with Crippen molar-refractivity contribution in [3.63, 3.8) is 0 Å². The van der Waals surface area contributed by atoms with E-state index >= 15 is 0 Å². The number of carbonyl (C=O) groups is 1. The van der Waals surface area contributed by atoms with E-state index in [-0.39, 0.29) is 5.91 Å².